The van der Waals surface area contributed by atoms with Crippen molar-refractivity contribution in [3.8, 4) is 5.75 Å². The molecule has 0 aliphatic heterocycles. The SMILES string of the molecule is Cc1cc(Cl)ccc1OCc1ccc(Cl)cc1F. The van der Waals surface area contributed by atoms with Crippen LogP contribution >= 0.6 is 23.2 Å². The Hall–Kier alpha value is -1.25. The first kappa shape index (κ1) is 13.2. The van der Waals surface area contributed by atoms with E-state index in [-0.39, 0.29) is 12.4 Å². The van der Waals surface area contributed by atoms with Gasteiger partial charge in [-0.25, -0.2) is 4.39 Å². The van der Waals surface area contributed by atoms with Crippen molar-refractivity contribution in [2.24, 2.45) is 0 Å². The molecule has 0 aromatic heterocycles. The van der Waals surface area contributed by atoms with Gasteiger partial charge < -0.3 is 4.74 Å². The highest BCUT2D eigenvalue weighted by Gasteiger charge is 2.05. The molecule has 0 aliphatic carbocycles. The average Bonchev–Trinajstić information content (AvgIpc) is 2.30. The largest absolute Gasteiger partial charge is 0.489 e. The van der Waals surface area contributed by atoms with Crippen molar-refractivity contribution in [2.75, 3.05) is 0 Å². The molecule has 0 spiro atoms. The fourth-order valence-corrected chi connectivity index (χ4v) is 1.95. The van der Waals surface area contributed by atoms with E-state index in [2.05, 4.69) is 0 Å². The first-order valence-corrected chi connectivity index (χ1v) is 6.15. The summed E-state index contributed by atoms with van der Waals surface area (Å²) in [6, 6.07) is 9.83. The first-order valence-electron chi connectivity index (χ1n) is 5.39. The molecule has 0 bridgehead atoms. The molecule has 0 aliphatic rings. The van der Waals surface area contributed by atoms with Crippen LogP contribution in [0.2, 0.25) is 10.0 Å². The highest BCUT2D eigenvalue weighted by atomic mass is 35.5. The van der Waals surface area contributed by atoms with E-state index in [1.54, 1.807) is 30.3 Å². The van der Waals surface area contributed by atoms with Crippen molar-refractivity contribution >= 4 is 23.2 Å². The van der Waals surface area contributed by atoms with Crippen molar-refractivity contribution < 1.29 is 9.13 Å². The zero-order valence-electron chi connectivity index (χ0n) is 9.71. The lowest BCUT2D eigenvalue weighted by Gasteiger charge is -2.10. The van der Waals surface area contributed by atoms with Crippen molar-refractivity contribution in [3.05, 3.63) is 63.4 Å². The van der Waals surface area contributed by atoms with Crippen LogP contribution in [-0.2, 0) is 6.61 Å². The zero-order chi connectivity index (χ0) is 13.1. The number of rotatable bonds is 3. The molecule has 1 nitrogen and oxygen atoms in total. The predicted octanol–water partition coefficient (Wildman–Crippen LogP) is 5.02. The molecule has 0 unspecified atom stereocenters. The van der Waals surface area contributed by atoms with Gasteiger partial charge in [-0.3, -0.25) is 0 Å². The lowest BCUT2D eigenvalue weighted by molar-refractivity contribution is 0.298. The summed E-state index contributed by atoms with van der Waals surface area (Å²) in [5.74, 6) is 0.322. The molecular formula is C14H11Cl2FO. The van der Waals surface area contributed by atoms with E-state index in [1.807, 2.05) is 6.92 Å². The van der Waals surface area contributed by atoms with Gasteiger partial charge in [0.05, 0.1) is 0 Å². The third-order valence-corrected chi connectivity index (χ3v) is 3.01. The van der Waals surface area contributed by atoms with Crippen LogP contribution in [0.25, 0.3) is 0 Å². The Morgan fingerprint density at radius 1 is 1.06 bits per heavy atom. The van der Waals surface area contributed by atoms with Crippen LogP contribution in [-0.4, -0.2) is 0 Å². The monoisotopic (exact) mass is 284 g/mol. The molecule has 0 radical (unpaired) electrons. The first-order chi connectivity index (χ1) is 8.56. The van der Waals surface area contributed by atoms with Gasteiger partial charge in [-0.1, -0.05) is 29.3 Å². The molecule has 2 aromatic rings. The smallest absolute Gasteiger partial charge is 0.131 e. The van der Waals surface area contributed by atoms with Gasteiger partial charge in [0.25, 0.3) is 0 Å². The molecule has 0 amide bonds. The minimum atomic E-state index is -0.367. The highest BCUT2D eigenvalue weighted by Crippen LogP contribution is 2.23. The Kier molecular flexibility index (Phi) is 4.10. The molecule has 0 saturated heterocycles. The molecule has 0 heterocycles. The molecule has 94 valence electrons. The number of aryl methyl sites for hydroxylation is 1. The van der Waals surface area contributed by atoms with Crippen LogP contribution in [0, 0.1) is 12.7 Å². The van der Waals surface area contributed by atoms with Crippen molar-refractivity contribution in [3.63, 3.8) is 0 Å². The van der Waals surface area contributed by atoms with Crippen molar-refractivity contribution in [1.29, 1.82) is 0 Å². The van der Waals surface area contributed by atoms with Gasteiger partial charge in [0.2, 0.25) is 0 Å². The number of ether oxygens (including phenoxy) is 1. The zero-order valence-corrected chi connectivity index (χ0v) is 11.2. The molecule has 2 aromatic carbocycles. The van der Waals surface area contributed by atoms with Gasteiger partial charge in [-0.05, 0) is 42.8 Å². The van der Waals surface area contributed by atoms with Gasteiger partial charge in [-0.2, -0.15) is 0 Å². The van der Waals surface area contributed by atoms with Crippen LogP contribution in [0.15, 0.2) is 36.4 Å². The summed E-state index contributed by atoms with van der Waals surface area (Å²) in [4.78, 5) is 0. The quantitative estimate of drug-likeness (QED) is 0.769. The predicted molar refractivity (Wildman–Crippen MR) is 71.9 cm³/mol. The van der Waals surface area contributed by atoms with Crippen LogP contribution in [0.4, 0.5) is 4.39 Å². The number of hydrogen-bond donors (Lipinski definition) is 0. The Morgan fingerprint density at radius 2 is 1.72 bits per heavy atom. The maximum atomic E-state index is 13.5. The van der Waals surface area contributed by atoms with E-state index in [1.165, 1.54) is 6.07 Å². The minimum absolute atomic E-state index is 0.158. The van der Waals surface area contributed by atoms with E-state index >= 15 is 0 Å². The Bertz CT molecular complexity index is 518. The summed E-state index contributed by atoms with van der Waals surface area (Å²) in [5.41, 5.74) is 1.38. The molecule has 4 heteroatoms. The lowest BCUT2D eigenvalue weighted by atomic mass is 10.2. The van der Waals surface area contributed by atoms with Gasteiger partial charge in [0.1, 0.15) is 18.2 Å². The van der Waals surface area contributed by atoms with Gasteiger partial charge in [0, 0.05) is 15.6 Å². The summed E-state index contributed by atoms with van der Waals surface area (Å²) >= 11 is 11.5. The topological polar surface area (TPSA) is 9.23 Å². The molecule has 0 N–H and O–H groups in total. The molecule has 0 fully saturated rings. The Labute approximate surface area is 115 Å². The van der Waals surface area contributed by atoms with Crippen LogP contribution in [0.3, 0.4) is 0 Å². The standard InChI is InChI=1S/C14H11Cl2FO/c1-9-6-11(15)4-5-14(9)18-8-10-2-3-12(16)7-13(10)17/h2-7H,8H2,1H3. The van der Waals surface area contributed by atoms with Crippen LogP contribution in [0.5, 0.6) is 5.75 Å². The van der Waals surface area contributed by atoms with Crippen molar-refractivity contribution in [2.45, 2.75) is 13.5 Å². The van der Waals surface area contributed by atoms with Crippen LogP contribution in [0.1, 0.15) is 11.1 Å². The fourth-order valence-electron chi connectivity index (χ4n) is 1.57. The van der Waals surface area contributed by atoms with E-state index in [0.717, 1.165) is 5.56 Å². The summed E-state index contributed by atoms with van der Waals surface area (Å²) in [7, 11) is 0. The minimum Gasteiger partial charge on any atom is -0.489 e. The second-order valence-corrected chi connectivity index (χ2v) is 4.81. The van der Waals surface area contributed by atoms with E-state index in [9.17, 15) is 4.39 Å². The molecule has 0 saturated carbocycles. The maximum Gasteiger partial charge on any atom is 0.131 e. The van der Waals surface area contributed by atoms with E-state index in [4.69, 9.17) is 27.9 Å². The molecular weight excluding hydrogens is 274 g/mol. The molecule has 2 rings (SSSR count). The lowest BCUT2D eigenvalue weighted by Crippen LogP contribution is -1.99. The summed E-state index contributed by atoms with van der Waals surface area (Å²) in [5, 5.41) is 1.02. The fraction of sp³-hybridized carbons (Fsp3) is 0.143. The third kappa shape index (κ3) is 3.15. The average molecular weight is 285 g/mol. The van der Waals surface area contributed by atoms with Crippen molar-refractivity contribution in [1.82, 2.24) is 0 Å². The third-order valence-electron chi connectivity index (χ3n) is 2.54. The number of hydrogen-bond acceptors (Lipinski definition) is 1. The van der Waals surface area contributed by atoms with Gasteiger partial charge in [0.15, 0.2) is 0 Å². The van der Waals surface area contributed by atoms with Gasteiger partial charge >= 0.3 is 0 Å². The second-order valence-electron chi connectivity index (χ2n) is 3.93. The summed E-state index contributed by atoms with van der Waals surface area (Å²) < 4.78 is 19.1. The summed E-state index contributed by atoms with van der Waals surface area (Å²) in [6.07, 6.45) is 0. The molecule has 0 atom stereocenters. The highest BCUT2D eigenvalue weighted by molar-refractivity contribution is 6.30. The second kappa shape index (κ2) is 5.59. The van der Waals surface area contributed by atoms with E-state index in [0.29, 0.717) is 21.4 Å². The molecule has 18 heavy (non-hydrogen) atoms. The maximum absolute atomic E-state index is 13.5. The Balaban J connectivity index is 2.11. The Morgan fingerprint density at radius 3 is 2.39 bits per heavy atom. The normalized spacial score (nSPS) is 10.4. The van der Waals surface area contributed by atoms with E-state index < -0.39 is 0 Å². The van der Waals surface area contributed by atoms with Crippen LogP contribution < -0.4 is 4.74 Å². The summed E-state index contributed by atoms with van der Waals surface area (Å²) in [6.45, 7) is 2.05. The number of benzene rings is 2. The van der Waals surface area contributed by atoms with Gasteiger partial charge in [-0.15, -0.1) is 0 Å². The number of halogens is 3.